The van der Waals surface area contributed by atoms with Crippen molar-refractivity contribution in [1.29, 1.82) is 0 Å². The molecule has 20 aromatic carbocycles. The lowest BCUT2D eigenvalue weighted by molar-refractivity contribution is 0.660. The van der Waals surface area contributed by atoms with Crippen LogP contribution in [0.1, 0.15) is 74.9 Å². The first-order valence-electron chi connectivity index (χ1n) is 50.8. The third kappa shape index (κ3) is 14.7. The summed E-state index contributed by atoms with van der Waals surface area (Å²) in [6.45, 7) is 14.1. The maximum Gasteiger partial charge on any atom is 0.235 e. The number of aromatic nitrogens is 11. The SMILES string of the molecule is CC1(C)c2ccccc2-c2c1ccc1c2c2cc(-c3ccccc3)ccc2n1-c1cccc(-c2nc(-c3ccccc3)nc(-c3ccccc3)n2)c1.CC1(C)c2ccccc2-c2c1ccc1c2c2ccccc2n1-c1cccc(-c2nc(-c3ccccc3)nc(-c3ccc(-c4ccccc4)cc3)n2)c1.CC1(C)c2ccccc2-c2c1ccc1c2c2ccccc2n1-c1nc(-c2ccc(-c3ccccc3)cc2)c2ccccc2n1. The highest BCUT2D eigenvalue weighted by Crippen LogP contribution is 2.58. The topological polar surface area (TPSA) is 118 Å². The van der Waals surface area contributed by atoms with Crippen LogP contribution in [-0.4, -0.2) is 53.6 Å². The maximum atomic E-state index is 5.33. The van der Waals surface area contributed by atoms with Gasteiger partial charge < -0.3 is 9.13 Å². The van der Waals surface area contributed by atoms with Crippen molar-refractivity contribution in [2.45, 2.75) is 57.8 Å². The van der Waals surface area contributed by atoms with Crippen molar-refractivity contribution in [3.63, 3.8) is 0 Å². The molecular weight excluding hydrogens is 1800 g/mol. The Kier molecular flexibility index (Phi) is 21.0. The lowest BCUT2D eigenvalue weighted by Crippen LogP contribution is -2.14. The van der Waals surface area contributed by atoms with Crippen LogP contribution in [0.15, 0.2) is 479 Å². The van der Waals surface area contributed by atoms with Crippen molar-refractivity contribution in [3.05, 3.63) is 513 Å². The van der Waals surface area contributed by atoms with E-state index in [4.69, 9.17) is 39.9 Å². The molecule has 0 atom stereocenters. The zero-order chi connectivity index (χ0) is 99.0. The normalized spacial score (nSPS) is 13.1. The Morgan fingerprint density at radius 3 is 0.858 bits per heavy atom. The van der Waals surface area contributed by atoms with Gasteiger partial charge in [-0.2, -0.15) is 0 Å². The highest BCUT2D eigenvalue weighted by Gasteiger charge is 2.41. The van der Waals surface area contributed by atoms with Gasteiger partial charge in [0, 0.05) is 104 Å². The van der Waals surface area contributed by atoms with E-state index in [9.17, 15) is 0 Å². The first-order valence-corrected chi connectivity index (χ1v) is 50.8. The van der Waals surface area contributed by atoms with E-state index in [-0.39, 0.29) is 16.2 Å². The number of nitrogens with zero attached hydrogens (tertiary/aromatic N) is 11. The van der Waals surface area contributed by atoms with Gasteiger partial charge in [0.05, 0.1) is 44.3 Å². The molecule has 29 rings (SSSR count). The van der Waals surface area contributed by atoms with Gasteiger partial charge in [0.1, 0.15) is 0 Å². The molecule has 0 spiro atoms. The third-order valence-corrected chi connectivity index (χ3v) is 30.7. The van der Waals surface area contributed by atoms with Crippen LogP contribution in [-0.2, 0) is 16.2 Å². The van der Waals surface area contributed by atoms with Crippen molar-refractivity contribution in [1.82, 2.24) is 53.6 Å². The Balaban J connectivity index is 0.000000110. The first-order chi connectivity index (χ1) is 72.7. The fraction of sp³-hybridized carbons (Fsp3) is 0.0657. The molecule has 0 aliphatic heterocycles. The fourth-order valence-electron chi connectivity index (χ4n) is 23.5. The minimum atomic E-state index is -0.100. The smallest absolute Gasteiger partial charge is 0.235 e. The molecule has 0 fully saturated rings. The number of hydrogen-bond donors (Lipinski definition) is 0. The Morgan fingerprint density at radius 2 is 0.446 bits per heavy atom. The molecule has 0 bridgehead atoms. The third-order valence-electron chi connectivity index (χ3n) is 30.7. The largest absolute Gasteiger partial charge is 0.309 e. The van der Waals surface area contributed by atoms with Gasteiger partial charge in [0.15, 0.2) is 34.9 Å². The molecule has 700 valence electrons. The van der Waals surface area contributed by atoms with E-state index in [1.54, 1.807) is 0 Å². The molecular formula is C137H97N11. The van der Waals surface area contributed by atoms with Crippen LogP contribution in [0.5, 0.6) is 0 Å². The molecule has 3 aliphatic rings. The molecule has 26 aromatic rings. The van der Waals surface area contributed by atoms with Crippen molar-refractivity contribution in [2.75, 3.05) is 0 Å². The van der Waals surface area contributed by atoms with E-state index in [0.29, 0.717) is 40.9 Å². The fourth-order valence-corrected chi connectivity index (χ4v) is 23.5. The highest BCUT2D eigenvalue weighted by atomic mass is 15.2. The minimum Gasteiger partial charge on any atom is -0.309 e. The van der Waals surface area contributed by atoms with E-state index in [0.717, 1.165) is 89.0 Å². The van der Waals surface area contributed by atoms with Crippen LogP contribution in [0.4, 0.5) is 0 Å². The standard InChI is InChI=1S/2C48H34N4.C41H29N3/c1-48(2)39-24-13-12-23-37(39)43-40(48)26-28-42-44(43)38-30-34(31-15-6-3-7-16-31)25-27-41(38)52(42)36-22-14-21-35(29-36)47-50-45(32-17-8-4-9-18-32)49-46(51-47)33-19-10-5-11-20-33;1-48(2)39-22-11-9-20-37(39)43-40(48)28-29-42-44(43)38-21-10-12-23-41(38)52(42)36-19-13-18-35(30-36)47-50-45(33-16-7-4-8-17-33)49-46(51-47)34-26-24-32(25-27-34)31-14-5-3-6-15-31;1-41(2)32-17-9-6-14-29(32)37-33(41)24-25-36-38(37)31-16-8-11-19-35(31)44(36)40-42-34-18-10-7-15-30(34)39(43-40)28-22-20-27(21-23-28)26-12-4-3-5-13-26/h2*3-30H,1-2H3;3-25H,1-2H3. The van der Waals surface area contributed by atoms with Gasteiger partial charge in [-0.1, -0.05) is 448 Å². The van der Waals surface area contributed by atoms with Gasteiger partial charge in [0.25, 0.3) is 0 Å². The maximum absolute atomic E-state index is 5.33. The summed E-state index contributed by atoms with van der Waals surface area (Å²) in [6.07, 6.45) is 0. The first kappa shape index (κ1) is 88.1. The van der Waals surface area contributed by atoms with Gasteiger partial charge in [-0.15, -0.1) is 0 Å². The van der Waals surface area contributed by atoms with Crippen LogP contribution in [0.25, 0.3) is 240 Å². The van der Waals surface area contributed by atoms with Gasteiger partial charge in [-0.25, -0.2) is 39.9 Å². The Morgan fingerprint density at radius 1 is 0.169 bits per heavy atom. The molecule has 0 N–H and O–H groups in total. The monoisotopic (exact) mass is 1900 g/mol. The predicted octanol–water partition coefficient (Wildman–Crippen LogP) is 34.3. The molecule has 0 unspecified atom stereocenters. The minimum absolute atomic E-state index is 0.0676. The number of fused-ring (bicyclic) bond motifs is 22. The molecule has 0 radical (unpaired) electrons. The van der Waals surface area contributed by atoms with Crippen LogP contribution < -0.4 is 0 Å². The summed E-state index contributed by atoms with van der Waals surface area (Å²) in [6, 6.07) is 170. The lowest BCUT2D eigenvalue weighted by atomic mass is 9.82. The average molecular weight is 1900 g/mol. The highest BCUT2D eigenvalue weighted by molar-refractivity contribution is 6.21. The molecule has 0 amide bonds. The molecule has 11 heteroatoms. The summed E-state index contributed by atoms with van der Waals surface area (Å²) < 4.78 is 7.06. The van der Waals surface area contributed by atoms with E-state index in [2.05, 4.69) is 437 Å². The Bertz CT molecular complexity index is 9720. The summed E-state index contributed by atoms with van der Waals surface area (Å²) in [4.78, 5) is 40.7. The summed E-state index contributed by atoms with van der Waals surface area (Å²) in [5.74, 6) is 4.54. The molecule has 0 saturated carbocycles. The van der Waals surface area contributed by atoms with Crippen molar-refractivity contribution in [3.8, 4) is 164 Å². The van der Waals surface area contributed by atoms with E-state index in [1.165, 1.54) is 143 Å². The summed E-state index contributed by atoms with van der Waals surface area (Å²) in [5, 5.41) is 8.60. The van der Waals surface area contributed by atoms with Crippen LogP contribution in [0.3, 0.4) is 0 Å². The van der Waals surface area contributed by atoms with Gasteiger partial charge in [0.2, 0.25) is 5.95 Å². The zero-order valence-corrected chi connectivity index (χ0v) is 82.5. The second-order valence-corrected chi connectivity index (χ2v) is 40.4. The van der Waals surface area contributed by atoms with Crippen LogP contribution >= 0.6 is 0 Å². The summed E-state index contributed by atoms with van der Waals surface area (Å²) in [7, 11) is 0. The average Bonchev–Trinajstić information content (AvgIpc) is 1.55. The van der Waals surface area contributed by atoms with Crippen molar-refractivity contribution in [2.24, 2.45) is 0 Å². The molecule has 6 heterocycles. The molecule has 6 aromatic heterocycles. The van der Waals surface area contributed by atoms with Crippen molar-refractivity contribution < 1.29 is 0 Å². The predicted molar refractivity (Wildman–Crippen MR) is 609 cm³/mol. The molecule has 148 heavy (non-hydrogen) atoms. The number of benzene rings is 20. The molecule has 0 saturated heterocycles. The second kappa shape index (κ2) is 35.3. The van der Waals surface area contributed by atoms with E-state index in [1.807, 2.05) is 97.1 Å². The van der Waals surface area contributed by atoms with Gasteiger partial charge in [-0.05, 0) is 173 Å². The second-order valence-electron chi connectivity index (χ2n) is 40.4. The quantitative estimate of drug-likeness (QED) is 0.112. The number of rotatable bonds is 13. The van der Waals surface area contributed by atoms with Gasteiger partial charge in [-0.3, -0.25) is 4.57 Å². The number of para-hydroxylation sites is 3. The van der Waals surface area contributed by atoms with Gasteiger partial charge >= 0.3 is 0 Å². The van der Waals surface area contributed by atoms with Crippen molar-refractivity contribution >= 4 is 76.3 Å². The summed E-state index contributed by atoms with van der Waals surface area (Å²) >= 11 is 0. The Hall–Kier alpha value is -18.8. The molecule has 11 nitrogen and oxygen atoms in total. The Labute approximate surface area is 858 Å². The van der Waals surface area contributed by atoms with E-state index >= 15 is 0 Å². The zero-order valence-electron chi connectivity index (χ0n) is 82.5. The number of hydrogen-bond acceptors (Lipinski definition) is 8. The van der Waals surface area contributed by atoms with Crippen LogP contribution in [0.2, 0.25) is 0 Å². The van der Waals surface area contributed by atoms with Crippen LogP contribution in [0, 0.1) is 0 Å². The summed E-state index contributed by atoms with van der Waals surface area (Å²) in [5.41, 5.74) is 40.7. The van der Waals surface area contributed by atoms with E-state index < -0.39 is 0 Å². The lowest BCUT2D eigenvalue weighted by Gasteiger charge is -2.21. The molecule has 3 aliphatic carbocycles.